The fraction of sp³-hybridized carbons (Fsp3) is 0.625. The van der Waals surface area contributed by atoms with Crippen molar-refractivity contribution in [1.29, 1.82) is 0 Å². The first-order valence-corrected chi connectivity index (χ1v) is 7.19. The molecule has 1 rings (SSSR count). The smallest absolute Gasteiger partial charge is 0.119 e. The number of likely N-dealkylation sites (N-methyl/N-ethyl adjacent to an activating group) is 1. The predicted octanol–water partition coefficient (Wildman–Crippen LogP) is 2.27. The molecule has 0 amide bonds. The summed E-state index contributed by atoms with van der Waals surface area (Å²) >= 11 is 0. The second-order valence-electron chi connectivity index (χ2n) is 5.55. The van der Waals surface area contributed by atoms with Gasteiger partial charge in [0.05, 0.1) is 13.7 Å². The van der Waals surface area contributed by atoms with Crippen LogP contribution in [0.3, 0.4) is 0 Å². The zero-order chi connectivity index (χ0) is 15.0. The normalized spacial score (nSPS) is 13.8. The van der Waals surface area contributed by atoms with Gasteiger partial charge in [0.2, 0.25) is 0 Å². The molecule has 1 aromatic carbocycles. The number of anilines is 1. The first-order valence-electron chi connectivity index (χ1n) is 7.19. The van der Waals surface area contributed by atoms with Crippen LogP contribution in [0.4, 0.5) is 5.69 Å². The molecule has 0 aliphatic rings. The average Bonchev–Trinajstić information content (AvgIpc) is 2.51. The van der Waals surface area contributed by atoms with Crippen LogP contribution in [0, 0.1) is 0 Å². The third-order valence-corrected chi connectivity index (χ3v) is 3.94. The molecule has 0 aliphatic heterocycles. The lowest BCUT2D eigenvalue weighted by Crippen LogP contribution is -2.43. The fourth-order valence-electron chi connectivity index (χ4n) is 2.11. The van der Waals surface area contributed by atoms with E-state index in [1.165, 1.54) is 5.69 Å². The van der Waals surface area contributed by atoms with Crippen molar-refractivity contribution >= 4 is 5.69 Å². The minimum absolute atomic E-state index is 0.154. The molecule has 0 aromatic heterocycles. The maximum Gasteiger partial charge on any atom is 0.119 e. The Labute approximate surface area is 122 Å². The van der Waals surface area contributed by atoms with Gasteiger partial charge in [-0.1, -0.05) is 0 Å². The SMILES string of the molecule is CNC(C)(CO)CCCCN(C)c1ccc(OC)cc1. The lowest BCUT2D eigenvalue weighted by molar-refractivity contribution is 0.171. The summed E-state index contributed by atoms with van der Waals surface area (Å²) in [6, 6.07) is 8.11. The molecule has 0 saturated heterocycles. The minimum atomic E-state index is -0.154. The van der Waals surface area contributed by atoms with Crippen LogP contribution in [0.5, 0.6) is 5.75 Å². The Morgan fingerprint density at radius 3 is 2.40 bits per heavy atom. The Morgan fingerprint density at radius 2 is 1.90 bits per heavy atom. The number of aliphatic hydroxyl groups excluding tert-OH is 1. The summed E-state index contributed by atoms with van der Waals surface area (Å²) in [4.78, 5) is 2.25. The lowest BCUT2D eigenvalue weighted by atomic mass is 9.96. The van der Waals surface area contributed by atoms with Crippen molar-refractivity contribution in [1.82, 2.24) is 5.32 Å². The molecule has 0 heterocycles. The third kappa shape index (κ3) is 5.02. The highest BCUT2D eigenvalue weighted by molar-refractivity contribution is 5.48. The van der Waals surface area contributed by atoms with Crippen molar-refractivity contribution in [3.63, 3.8) is 0 Å². The summed E-state index contributed by atoms with van der Waals surface area (Å²) in [7, 11) is 5.68. The molecule has 0 spiro atoms. The Balaban J connectivity index is 2.34. The summed E-state index contributed by atoms with van der Waals surface area (Å²) in [6.45, 7) is 3.25. The van der Waals surface area contributed by atoms with Crippen molar-refractivity contribution in [2.45, 2.75) is 31.7 Å². The second-order valence-corrected chi connectivity index (χ2v) is 5.55. The van der Waals surface area contributed by atoms with Crippen molar-refractivity contribution in [2.75, 3.05) is 39.3 Å². The van der Waals surface area contributed by atoms with Crippen LogP contribution >= 0.6 is 0 Å². The van der Waals surface area contributed by atoms with E-state index in [1.807, 2.05) is 19.2 Å². The molecule has 20 heavy (non-hydrogen) atoms. The van der Waals surface area contributed by atoms with E-state index >= 15 is 0 Å². The van der Waals surface area contributed by atoms with Gasteiger partial charge >= 0.3 is 0 Å². The summed E-state index contributed by atoms with van der Waals surface area (Å²) < 4.78 is 5.16. The van der Waals surface area contributed by atoms with Gasteiger partial charge in [0, 0.05) is 24.8 Å². The number of ether oxygens (including phenoxy) is 1. The van der Waals surface area contributed by atoms with Crippen LogP contribution in [0.2, 0.25) is 0 Å². The van der Waals surface area contributed by atoms with E-state index in [0.717, 1.165) is 31.6 Å². The number of benzene rings is 1. The number of methoxy groups -OCH3 is 1. The van der Waals surface area contributed by atoms with Gasteiger partial charge in [-0.3, -0.25) is 0 Å². The van der Waals surface area contributed by atoms with Gasteiger partial charge in [-0.2, -0.15) is 0 Å². The molecule has 0 fully saturated rings. The Morgan fingerprint density at radius 1 is 1.25 bits per heavy atom. The molecule has 0 saturated carbocycles. The van der Waals surface area contributed by atoms with Gasteiger partial charge in [0.15, 0.2) is 0 Å². The largest absolute Gasteiger partial charge is 0.497 e. The zero-order valence-electron chi connectivity index (χ0n) is 13.1. The van der Waals surface area contributed by atoms with Gasteiger partial charge in [0.1, 0.15) is 5.75 Å². The van der Waals surface area contributed by atoms with Crippen LogP contribution in [-0.4, -0.2) is 45.0 Å². The van der Waals surface area contributed by atoms with E-state index < -0.39 is 0 Å². The molecule has 0 aliphatic carbocycles. The summed E-state index contributed by atoms with van der Waals surface area (Å²) in [6.07, 6.45) is 3.19. The Hall–Kier alpha value is -1.26. The highest BCUT2D eigenvalue weighted by atomic mass is 16.5. The topological polar surface area (TPSA) is 44.7 Å². The highest BCUT2D eigenvalue weighted by Gasteiger charge is 2.19. The third-order valence-electron chi connectivity index (χ3n) is 3.94. The van der Waals surface area contributed by atoms with Gasteiger partial charge < -0.3 is 20.1 Å². The number of aliphatic hydroxyl groups is 1. The molecule has 1 atom stereocenters. The Kier molecular flexibility index (Phi) is 6.82. The first-order chi connectivity index (χ1) is 9.54. The lowest BCUT2D eigenvalue weighted by Gasteiger charge is -2.27. The van der Waals surface area contributed by atoms with Crippen LogP contribution < -0.4 is 15.0 Å². The molecule has 114 valence electrons. The quantitative estimate of drug-likeness (QED) is 0.681. The van der Waals surface area contributed by atoms with Crippen molar-refractivity contribution < 1.29 is 9.84 Å². The summed E-state index contributed by atoms with van der Waals surface area (Å²) in [5.41, 5.74) is 1.04. The molecule has 0 bridgehead atoms. The first kappa shape index (κ1) is 16.8. The van der Waals surface area contributed by atoms with Gasteiger partial charge in [0.25, 0.3) is 0 Å². The average molecular weight is 280 g/mol. The number of nitrogens with one attached hydrogen (secondary N) is 1. The summed E-state index contributed by atoms with van der Waals surface area (Å²) in [5, 5.41) is 12.5. The fourth-order valence-corrected chi connectivity index (χ4v) is 2.11. The van der Waals surface area contributed by atoms with E-state index in [9.17, 15) is 5.11 Å². The maximum absolute atomic E-state index is 9.34. The van der Waals surface area contributed by atoms with E-state index in [0.29, 0.717) is 0 Å². The molecule has 2 N–H and O–H groups in total. The van der Waals surface area contributed by atoms with Crippen LogP contribution in [0.1, 0.15) is 26.2 Å². The van der Waals surface area contributed by atoms with Crippen molar-refractivity contribution in [2.24, 2.45) is 0 Å². The van der Waals surface area contributed by atoms with Gasteiger partial charge in [-0.05, 0) is 57.5 Å². The van der Waals surface area contributed by atoms with Crippen LogP contribution in [0.25, 0.3) is 0 Å². The number of unbranched alkanes of at least 4 members (excludes halogenated alkanes) is 1. The van der Waals surface area contributed by atoms with E-state index in [1.54, 1.807) is 7.11 Å². The Bertz CT molecular complexity index is 375. The molecule has 4 nitrogen and oxygen atoms in total. The van der Waals surface area contributed by atoms with Crippen molar-refractivity contribution in [3.05, 3.63) is 24.3 Å². The molecule has 0 radical (unpaired) electrons. The molecule has 4 heteroatoms. The molecule has 1 aromatic rings. The number of hydrogen-bond acceptors (Lipinski definition) is 4. The van der Waals surface area contributed by atoms with Gasteiger partial charge in [-0.25, -0.2) is 0 Å². The number of rotatable bonds is 9. The van der Waals surface area contributed by atoms with Crippen molar-refractivity contribution in [3.8, 4) is 5.75 Å². The zero-order valence-corrected chi connectivity index (χ0v) is 13.1. The molecular weight excluding hydrogens is 252 g/mol. The maximum atomic E-state index is 9.34. The minimum Gasteiger partial charge on any atom is -0.497 e. The van der Waals surface area contributed by atoms with Gasteiger partial charge in [-0.15, -0.1) is 0 Å². The standard InChI is InChI=1S/C16H28N2O2/c1-16(13-19,17-2)11-5-6-12-18(3)14-7-9-15(20-4)10-8-14/h7-10,17,19H,5-6,11-13H2,1-4H3. The van der Waals surface area contributed by atoms with Crippen LogP contribution in [0.15, 0.2) is 24.3 Å². The monoisotopic (exact) mass is 280 g/mol. The summed E-state index contributed by atoms with van der Waals surface area (Å²) in [5.74, 6) is 0.884. The highest BCUT2D eigenvalue weighted by Crippen LogP contribution is 2.19. The second kappa shape index (κ2) is 8.12. The number of hydrogen-bond donors (Lipinski definition) is 2. The van der Waals surface area contributed by atoms with E-state index in [4.69, 9.17) is 4.74 Å². The predicted molar refractivity (Wildman–Crippen MR) is 84.7 cm³/mol. The van der Waals surface area contributed by atoms with E-state index in [2.05, 4.69) is 36.3 Å². The number of nitrogens with zero attached hydrogens (tertiary/aromatic N) is 1. The molecule has 1 unspecified atom stereocenters. The molecular formula is C16H28N2O2. The van der Waals surface area contributed by atoms with E-state index in [-0.39, 0.29) is 12.1 Å². The van der Waals surface area contributed by atoms with Crippen LogP contribution in [-0.2, 0) is 0 Å².